The van der Waals surface area contributed by atoms with E-state index in [9.17, 15) is 0 Å². The molecule has 1 aromatic carbocycles. The fourth-order valence-electron chi connectivity index (χ4n) is 1.26. The second-order valence-electron chi connectivity index (χ2n) is 3.19. The molecule has 16 heavy (non-hydrogen) atoms. The SMILES string of the molecule is C=C/C=C(\C=C)Oc1cccc(COC)c1. The van der Waals surface area contributed by atoms with Gasteiger partial charge in [-0.2, -0.15) is 0 Å². The van der Waals surface area contributed by atoms with Gasteiger partial charge in [-0.25, -0.2) is 0 Å². The minimum atomic E-state index is 0.575. The maximum atomic E-state index is 5.61. The minimum Gasteiger partial charge on any atom is -0.457 e. The Labute approximate surface area is 96.5 Å². The highest BCUT2D eigenvalue weighted by atomic mass is 16.5. The Morgan fingerprint density at radius 2 is 2.19 bits per heavy atom. The van der Waals surface area contributed by atoms with E-state index < -0.39 is 0 Å². The van der Waals surface area contributed by atoms with Gasteiger partial charge in [0.15, 0.2) is 0 Å². The molecule has 0 heterocycles. The van der Waals surface area contributed by atoms with Crippen molar-refractivity contribution in [2.24, 2.45) is 0 Å². The lowest BCUT2D eigenvalue weighted by molar-refractivity contribution is 0.184. The standard InChI is InChI=1S/C14H16O2/c1-4-7-13(5-2)16-14-9-6-8-12(10-14)11-15-3/h4-10H,1-2,11H2,3H3/b13-7+. The van der Waals surface area contributed by atoms with Crippen molar-refractivity contribution in [1.82, 2.24) is 0 Å². The lowest BCUT2D eigenvalue weighted by Gasteiger charge is -2.07. The molecule has 0 spiro atoms. The number of ether oxygens (including phenoxy) is 2. The van der Waals surface area contributed by atoms with Gasteiger partial charge < -0.3 is 9.47 Å². The molecule has 0 atom stereocenters. The van der Waals surface area contributed by atoms with Gasteiger partial charge in [0.25, 0.3) is 0 Å². The molecule has 2 nitrogen and oxygen atoms in total. The Hall–Kier alpha value is -1.80. The maximum absolute atomic E-state index is 5.61. The molecular formula is C14H16O2. The molecule has 0 unspecified atom stereocenters. The largest absolute Gasteiger partial charge is 0.457 e. The molecular weight excluding hydrogens is 200 g/mol. The van der Waals surface area contributed by atoms with Gasteiger partial charge >= 0.3 is 0 Å². The monoisotopic (exact) mass is 216 g/mol. The Kier molecular flexibility index (Phi) is 5.09. The van der Waals surface area contributed by atoms with E-state index in [-0.39, 0.29) is 0 Å². The summed E-state index contributed by atoms with van der Waals surface area (Å²) in [5.41, 5.74) is 1.07. The maximum Gasteiger partial charge on any atom is 0.127 e. The Morgan fingerprint density at radius 1 is 1.38 bits per heavy atom. The van der Waals surface area contributed by atoms with Crippen molar-refractivity contribution in [3.63, 3.8) is 0 Å². The van der Waals surface area contributed by atoms with E-state index in [1.165, 1.54) is 0 Å². The van der Waals surface area contributed by atoms with Crippen molar-refractivity contribution in [3.8, 4) is 5.75 Å². The summed E-state index contributed by atoms with van der Waals surface area (Å²) in [5.74, 6) is 1.44. The smallest absolute Gasteiger partial charge is 0.127 e. The third kappa shape index (κ3) is 3.75. The third-order valence-electron chi connectivity index (χ3n) is 1.93. The molecule has 84 valence electrons. The van der Waals surface area contributed by atoms with Crippen LogP contribution in [0.2, 0.25) is 0 Å². The molecule has 1 rings (SSSR count). The summed E-state index contributed by atoms with van der Waals surface area (Å²) >= 11 is 0. The molecule has 0 aliphatic carbocycles. The van der Waals surface area contributed by atoms with Crippen molar-refractivity contribution in [2.45, 2.75) is 6.61 Å². The lowest BCUT2D eigenvalue weighted by Crippen LogP contribution is -1.93. The molecule has 0 saturated carbocycles. The first-order chi connectivity index (χ1) is 7.80. The summed E-state index contributed by atoms with van der Waals surface area (Å²) in [5, 5.41) is 0. The number of rotatable bonds is 6. The van der Waals surface area contributed by atoms with Gasteiger partial charge in [0, 0.05) is 7.11 Å². The van der Waals surface area contributed by atoms with Crippen molar-refractivity contribution in [3.05, 3.63) is 67.0 Å². The first kappa shape index (κ1) is 12.3. The lowest BCUT2D eigenvalue weighted by atomic mass is 10.2. The summed E-state index contributed by atoms with van der Waals surface area (Å²) in [6, 6.07) is 7.74. The second-order valence-corrected chi connectivity index (χ2v) is 3.19. The van der Waals surface area contributed by atoms with Gasteiger partial charge in [0.2, 0.25) is 0 Å². The average Bonchev–Trinajstić information content (AvgIpc) is 2.29. The van der Waals surface area contributed by atoms with Crippen LogP contribution in [0.1, 0.15) is 5.56 Å². The van der Waals surface area contributed by atoms with E-state index in [0.717, 1.165) is 11.3 Å². The van der Waals surface area contributed by atoms with Crippen molar-refractivity contribution in [2.75, 3.05) is 7.11 Å². The topological polar surface area (TPSA) is 18.5 Å². The molecule has 0 saturated heterocycles. The highest BCUT2D eigenvalue weighted by molar-refractivity contribution is 5.31. The predicted molar refractivity (Wildman–Crippen MR) is 66.3 cm³/mol. The molecule has 2 heteroatoms. The molecule has 0 radical (unpaired) electrons. The summed E-state index contributed by atoms with van der Waals surface area (Å²) in [6.45, 7) is 7.86. The van der Waals surface area contributed by atoms with Gasteiger partial charge in [-0.3, -0.25) is 0 Å². The quantitative estimate of drug-likeness (QED) is 0.535. The Bertz CT molecular complexity index is 391. The van der Waals surface area contributed by atoms with E-state index >= 15 is 0 Å². The molecule has 0 aliphatic heterocycles. The first-order valence-electron chi connectivity index (χ1n) is 5.01. The molecule has 0 aliphatic rings. The molecule has 0 bridgehead atoms. The first-order valence-corrected chi connectivity index (χ1v) is 5.01. The third-order valence-corrected chi connectivity index (χ3v) is 1.93. The van der Waals surface area contributed by atoms with Gasteiger partial charge in [0.1, 0.15) is 11.5 Å². The molecule has 1 aromatic rings. The fourth-order valence-corrected chi connectivity index (χ4v) is 1.26. The number of methoxy groups -OCH3 is 1. The Balaban J connectivity index is 2.80. The van der Waals surface area contributed by atoms with Gasteiger partial charge in [-0.1, -0.05) is 31.4 Å². The van der Waals surface area contributed by atoms with Gasteiger partial charge in [-0.15, -0.1) is 0 Å². The minimum absolute atomic E-state index is 0.575. The van der Waals surface area contributed by atoms with Crippen LogP contribution in [0, 0.1) is 0 Å². The zero-order valence-electron chi connectivity index (χ0n) is 9.48. The van der Waals surface area contributed by atoms with Crippen LogP contribution < -0.4 is 4.74 Å². The van der Waals surface area contributed by atoms with Crippen LogP contribution in [0.4, 0.5) is 0 Å². The number of hydrogen-bond acceptors (Lipinski definition) is 2. The number of hydrogen-bond donors (Lipinski definition) is 0. The van der Waals surface area contributed by atoms with Crippen LogP contribution in [0.25, 0.3) is 0 Å². The van der Waals surface area contributed by atoms with Crippen LogP contribution in [0.15, 0.2) is 61.4 Å². The molecule has 0 fully saturated rings. The van der Waals surface area contributed by atoms with Crippen LogP contribution in [0.3, 0.4) is 0 Å². The second kappa shape index (κ2) is 6.64. The molecule has 0 N–H and O–H groups in total. The highest BCUT2D eigenvalue weighted by Gasteiger charge is 1.98. The predicted octanol–water partition coefficient (Wildman–Crippen LogP) is 3.47. The summed E-state index contributed by atoms with van der Waals surface area (Å²) in [6.07, 6.45) is 5.07. The average molecular weight is 216 g/mol. The van der Waals surface area contributed by atoms with E-state index in [4.69, 9.17) is 9.47 Å². The van der Waals surface area contributed by atoms with Crippen molar-refractivity contribution < 1.29 is 9.47 Å². The number of allylic oxidation sites excluding steroid dienone is 3. The Morgan fingerprint density at radius 3 is 2.81 bits per heavy atom. The normalized spacial score (nSPS) is 10.9. The van der Waals surface area contributed by atoms with Crippen LogP contribution in [0.5, 0.6) is 5.75 Å². The zero-order chi connectivity index (χ0) is 11.8. The van der Waals surface area contributed by atoms with E-state index in [0.29, 0.717) is 12.4 Å². The highest BCUT2D eigenvalue weighted by Crippen LogP contribution is 2.17. The van der Waals surface area contributed by atoms with E-state index in [1.54, 1.807) is 25.3 Å². The summed E-state index contributed by atoms with van der Waals surface area (Å²) in [4.78, 5) is 0. The van der Waals surface area contributed by atoms with Crippen LogP contribution >= 0.6 is 0 Å². The van der Waals surface area contributed by atoms with Crippen LogP contribution in [-0.2, 0) is 11.3 Å². The molecule has 0 aromatic heterocycles. The fraction of sp³-hybridized carbons (Fsp3) is 0.143. The number of benzene rings is 1. The van der Waals surface area contributed by atoms with E-state index in [2.05, 4.69) is 13.2 Å². The summed E-state index contributed by atoms with van der Waals surface area (Å²) < 4.78 is 10.7. The van der Waals surface area contributed by atoms with Crippen molar-refractivity contribution >= 4 is 0 Å². The van der Waals surface area contributed by atoms with Crippen LogP contribution in [-0.4, -0.2) is 7.11 Å². The van der Waals surface area contributed by atoms with Crippen molar-refractivity contribution in [1.29, 1.82) is 0 Å². The van der Waals surface area contributed by atoms with Gasteiger partial charge in [0.05, 0.1) is 6.61 Å². The summed E-state index contributed by atoms with van der Waals surface area (Å²) in [7, 11) is 1.67. The van der Waals surface area contributed by atoms with E-state index in [1.807, 2.05) is 24.3 Å². The molecule has 0 amide bonds. The zero-order valence-corrected chi connectivity index (χ0v) is 9.48. The van der Waals surface area contributed by atoms with Gasteiger partial charge in [-0.05, 0) is 29.8 Å².